The highest BCUT2D eigenvalue weighted by molar-refractivity contribution is 6.17. The lowest BCUT2D eigenvalue weighted by Gasteiger charge is -2.33. The predicted octanol–water partition coefficient (Wildman–Crippen LogP) is 20.7. The largest absolute Gasteiger partial charge is 0.455 e. The molecule has 0 aliphatic heterocycles. The Balaban J connectivity index is 0.842. The summed E-state index contributed by atoms with van der Waals surface area (Å²) in [5.74, 6) is 0. The van der Waals surface area contributed by atoms with Crippen molar-refractivity contribution in [1.29, 1.82) is 0 Å². The van der Waals surface area contributed by atoms with Crippen molar-refractivity contribution in [1.82, 2.24) is 4.57 Å². The molecule has 0 saturated carbocycles. The third-order valence-electron chi connectivity index (χ3n) is 16.8. The van der Waals surface area contributed by atoms with Crippen LogP contribution in [0.3, 0.4) is 0 Å². The van der Waals surface area contributed by atoms with Crippen molar-refractivity contribution in [3.8, 4) is 50.2 Å². The summed E-state index contributed by atoms with van der Waals surface area (Å²) in [7, 11) is 0. The van der Waals surface area contributed by atoms with Crippen LogP contribution in [0, 0.1) is 0 Å². The molecule has 0 bridgehead atoms. The van der Waals surface area contributed by atoms with Crippen molar-refractivity contribution in [2.45, 2.75) is 5.41 Å². The van der Waals surface area contributed by atoms with E-state index >= 15 is 0 Å². The molecule has 13 aromatic carbocycles. The molecule has 0 fully saturated rings. The number of rotatable bonds is 9. The normalized spacial score (nSPS) is 12.6. The van der Waals surface area contributed by atoms with E-state index in [0.717, 1.165) is 83.5 Å². The van der Waals surface area contributed by atoms with Gasteiger partial charge in [0.1, 0.15) is 11.2 Å². The van der Waals surface area contributed by atoms with Crippen LogP contribution in [0.1, 0.15) is 22.3 Å². The molecule has 0 spiro atoms. The van der Waals surface area contributed by atoms with Crippen LogP contribution in [0.5, 0.6) is 0 Å². The monoisotopic (exact) mass is 1020 g/mol. The van der Waals surface area contributed by atoms with Crippen molar-refractivity contribution in [3.05, 3.63) is 326 Å². The summed E-state index contributed by atoms with van der Waals surface area (Å²) in [6, 6.07) is 111. The molecule has 0 radical (unpaired) electrons. The van der Waals surface area contributed by atoms with Gasteiger partial charge in [0.25, 0.3) is 0 Å². The number of benzene rings is 13. The minimum absolute atomic E-state index is 0.463. The molecule has 0 unspecified atom stereocenters. The number of fused-ring (bicyclic) bond motifs is 11. The number of aromatic nitrogens is 1. The van der Waals surface area contributed by atoms with Gasteiger partial charge in [-0.15, -0.1) is 0 Å². The van der Waals surface area contributed by atoms with Crippen molar-refractivity contribution >= 4 is 71.6 Å². The van der Waals surface area contributed by atoms with Gasteiger partial charge >= 0.3 is 0 Å². The first-order valence-electron chi connectivity index (χ1n) is 27.6. The molecule has 16 rings (SSSR count). The van der Waals surface area contributed by atoms with Gasteiger partial charge in [-0.1, -0.05) is 231 Å². The van der Waals surface area contributed by atoms with E-state index in [2.05, 4.69) is 313 Å². The second kappa shape index (κ2) is 18.3. The van der Waals surface area contributed by atoms with Crippen molar-refractivity contribution in [3.63, 3.8) is 0 Å². The standard InChI is InChI=1S/C77H50N2O/c1-4-22-57(23-5-1)77(58-24-6-2-7-25-58)71-35-14-12-31-65(71)70-49-54(41-46-72(70)77)53-20-16-28-61(47-53)78(62-29-17-21-56(48-62)64-33-18-34-68-69-45-39-52-19-10-11-30-63(52)75(69)80-76(64)68)60-42-37-51(38-43-60)55-40-44-67-66-32-13-15-36-73(66)79(74(67)50-55)59-26-8-3-9-27-59/h1-50H. The lowest BCUT2D eigenvalue weighted by Crippen LogP contribution is -2.28. The Kier molecular flexibility index (Phi) is 10.5. The predicted molar refractivity (Wildman–Crippen MR) is 334 cm³/mol. The fourth-order valence-electron chi connectivity index (χ4n) is 13.3. The highest BCUT2D eigenvalue weighted by Gasteiger charge is 2.46. The van der Waals surface area contributed by atoms with Crippen LogP contribution < -0.4 is 4.90 Å². The van der Waals surface area contributed by atoms with Crippen LogP contribution in [0.25, 0.3) is 105 Å². The van der Waals surface area contributed by atoms with Gasteiger partial charge in [0.05, 0.1) is 16.4 Å². The van der Waals surface area contributed by atoms with E-state index in [9.17, 15) is 0 Å². The molecule has 2 heterocycles. The van der Waals surface area contributed by atoms with Crippen LogP contribution in [0.15, 0.2) is 308 Å². The fraction of sp³-hybridized carbons (Fsp3) is 0.0130. The maximum atomic E-state index is 6.92. The zero-order valence-corrected chi connectivity index (χ0v) is 43.7. The van der Waals surface area contributed by atoms with Gasteiger partial charge in [-0.25, -0.2) is 0 Å². The van der Waals surface area contributed by atoms with Crippen LogP contribution >= 0.6 is 0 Å². The second-order valence-corrected chi connectivity index (χ2v) is 21.1. The second-order valence-electron chi connectivity index (χ2n) is 21.1. The highest BCUT2D eigenvalue weighted by Crippen LogP contribution is 2.57. The van der Waals surface area contributed by atoms with Gasteiger partial charge in [0, 0.05) is 55.2 Å². The Labute approximate surface area is 464 Å². The topological polar surface area (TPSA) is 21.3 Å². The molecule has 80 heavy (non-hydrogen) atoms. The summed E-state index contributed by atoms with van der Waals surface area (Å²) in [5.41, 5.74) is 22.4. The van der Waals surface area contributed by atoms with E-state index in [1.165, 1.54) is 60.6 Å². The number of hydrogen-bond acceptors (Lipinski definition) is 2. The summed E-state index contributed by atoms with van der Waals surface area (Å²) in [6.07, 6.45) is 0. The lowest BCUT2D eigenvalue weighted by atomic mass is 9.67. The molecule has 0 saturated heterocycles. The third-order valence-corrected chi connectivity index (χ3v) is 16.8. The van der Waals surface area contributed by atoms with E-state index in [0.29, 0.717) is 0 Å². The number of para-hydroxylation sites is 3. The number of furan rings is 1. The van der Waals surface area contributed by atoms with Gasteiger partial charge in [0.2, 0.25) is 0 Å². The molecule has 0 N–H and O–H groups in total. The molecule has 0 amide bonds. The lowest BCUT2D eigenvalue weighted by molar-refractivity contribution is 0.674. The first-order chi connectivity index (χ1) is 39.7. The number of hydrogen-bond donors (Lipinski definition) is 0. The average Bonchev–Trinajstić information content (AvgIpc) is 4.38. The van der Waals surface area contributed by atoms with Crippen LogP contribution in [0.2, 0.25) is 0 Å². The maximum absolute atomic E-state index is 6.92. The molecule has 374 valence electrons. The minimum Gasteiger partial charge on any atom is -0.455 e. The summed E-state index contributed by atoms with van der Waals surface area (Å²) >= 11 is 0. The Hall–Kier alpha value is -10.5. The first-order valence-corrected chi connectivity index (χ1v) is 27.6. The maximum Gasteiger partial charge on any atom is 0.143 e. The SMILES string of the molecule is c1ccc(-n2c3ccccc3c3ccc(-c4ccc(N(c5cccc(-c6ccc7c(c6)-c6ccccc6C7(c6ccccc6)c6ccccc6)c5)c5cccc(-c6cccc7c6oc6c8ccccc8ccc76)c5)cc4)cc32)cc1. The Morgan fingerprint density at radius 3 is 1.61 bits per heavy atom. The van der Waals surface area contributed by atoms with E-state index < -0.39 is 5.41 Å². The van der Waals surface area contributed by atoms with Crippen molar-refractivity contribution in [2.24, 2.45) is 0 Å². The molecule has 1 aliphatic rings. The van der Waals surface area contributed by atoms with E-state index in [1.54, 1.807) is 0 Å². The van der Waals surface area contributed by atoms with Crippen molar-refractivity contribution in [2.75, 3.05) is 4.90 Å². The van der Waals surface area contributed by atoms with E-state index in [4.69, 9.17) is 4.42 Å². The fourth-order valence-corrected chi connectivity index (χ4v) is 13.3. The van der Waals surface area contributed by atoms with Crippen molar-refractivity contribution < 1.29 is 4.42 Å². The van der Waals surface area contributed by atoms with E-state index in [1.807, 2.05) is 0 Å². The molecule has 3 heteroatoms. The Morgan fingerprint density at radius 2 is 0.825 bits per heavy atom. The van der Waals surface area contributed by atoms with Crippen LogP contribution in [-0.2, 0) is 5.41 Å². The molecule has 15 aromatic rings. The van der Waals surface area contributed by atoms with Gasteiger partial charge in [-0.05, 0) is 139 Å². The highest BCUT2D eigenvalue weighted by atomic mass is 16.3. The molecular weight excluding hydrogens is 969 g/mol. The van der Waals surface area contributed by atoms with Gasteiger partial charge < -0.3 is 13.9 Å². The van der Waals surface area contributed by atoms with Gasteiger partial charge in [-0.2, -0.15) is 0 Å². The van der Waals surface area contributed by atoms with Crippen LogP contribution in [0.4, 0.5) is 17.1 Å². The smallest absolute Gasteiger partial charge is 0.143 e. The third kappa shape index (κ3) is 7.07. The minimum atomic E-state index is -0.463. The molecular formula is C77H50N2O. The number of nitrogens with zero attached hydrogens (tertiary/aromatic N) is 2. The number of anilines is 3. The zero-order chi connectivity index (χ0) is 52.7. The summed E-state index contributed by atoms with van der Waals surface area (Å²) in [5, 5.41) is 7.00. The average molecular weight is 1020 g/mol. The quantitative estimate of drug-likeness (QED) is 0.144. The molecule has 3 nitrogen and oxygen atoms in total. The zero-order valence-electron chi connectivity index (χ0n) is 43.7. The summed E-state index contributed by atoms with van der Waals surface area (Å²) in [6.45, 7) is 0. The van der Waals surface area contributed by atoms with E-state index in [-0.39, 0.29) is 0 Å². The molecule has 0 atom stereocenters. The Morgan fingerprint density at radius 1 is 0.287 bits per heavy atom. The first kappa shape index (κ1) is 45.7. The van der Waals surface area contributed by atoms with Gasteiger partial charge in [0.15, 0.2) is 0 Å². The van der Waals surface area contributed by atoms with Gasteiger partial charge in [-0.3, -0.25) is 0 Å². The molecule has 1 aliphatic carbocycles. The molecule has 2 aromatic heterocycles. The summed E-state index contributed by atoms with van der Waals surface area (Å²) < 4.78 is 9.31. The Bertz CT molecular complexity index is 4840. The van der Waals surface area contributed by atoms with Crippen LogP contribution in [-0.4, -0.2) is 4.57 Å². The summed E-state index contributed by atoms with van der Waals surface area (Å²) in [4.78, 5) is 2.40.